The third kappa shape index (κ3) is 4.28. The van der Waals surface area contributed by atoms with Gasteiger partial charge in [-0.25, -0.2) is 9.97 Å². The summed E-state index contributed by atoms with van der Waals surface area (Å²) < 4.78 is 5.52. The summed E-state index contributed by atoms with van der Waals surface area (Å²) in [6.07, 6.45) is 2.49. The minimum absolute atomic E-state index is 0.283. The van der Waals surface area contributed by atoms with Crippen molar-refractivity contribution in [1.82, 2.24) is 15.0 Å². The summed E-state index contributed by atoms with van der Waals surface area (Å²) in [6, 6.07) is 5.99. The number of aliphatic hydroxyl groups is 1. The maximum absolute atomic E-state index is 9.59. The van der Waals surface area contributed by atoms with E-state index in [1.54, 1.807) is 6.20 Å². The first kappa shape index (κ1) is 17.9. The Morgan fingerprint density at radius 1 is 1.26 bits per heavy atom. The van der Waals surface area contributed by atoms with Gasteiger partial charge < -0.3 is 25.4 Å². The summed E-state index contributed by atoms with van der Waals surface area (Å²) in [5.41, 5.74) is 2.14. The van der Waals surface area contributed by atoms with Crippen molar-refractivity contribution in [2.75, 3.05) is 54.9 Å². The van der Waals surface area contributed by atoms with Crippen LogP contribution in [0.1, 0.15) is 23.6 Å². The average molecular weight is 370 g/mol. The van der Waals surface area contributed by atoms with Crippen LogP contribution in [0.5, 0.6) is 0 Å². The first-order chi connectivity index (χ1) is 13.2. The summed E-state index contributed by atoms with van der Waals surface area (Å²) in [4.78, 5) is 15.7. The zero-order valence-electron chi connectivity index (χ0n) is 15.6. The Morgan fingerprint density at radius 3 is 2.85 bits per heavy atom. The fraction of sp³-hybridized carbons (Fsp3) is 0.526. The molecule has 0 bridgehead atoms. The number of hydrogen-bond donors (Lipinski definition) is 3. The standard InChI is InChI=1S/C19H26N6O2/c1-13-3-2-5-21-18(13)22-7-6-20-17-9-16(14-4-8-27-12-14)23-19(24-17)25-10-15(26)11-25/h2-3,5,9,14-15,26H,4,6-8,10-12H2,1H3,(H,21,22)(H,20,23,24)/t14-/m0/s1. The van der Waals surface area contributed by atoms with Gasteiger partial charge in [0.25, 0.3) is 0 Å². The molecule has 144 valence electrons. The van der Waals surface area contributed by atoms with Crippen molar-refractivity contribution in [2.24, 2.45) is 0 Å². The number of nitrogens with one attached hydrogen (secondary N) is 2. The molecular formula is C19H26N6O2. The van der Waals surface area contributed by atoms with Crippen molar-refractivity contribution in [3.8, 4) is 0 Å². The molecule has 0 spiro atoms. The van der Waals surface area contributed by atoms with E-state index in [1.807, 2.05) is 30.0 Å². The Bertz CT molecular complexity index is 775. The molecule has 0 unspecified atom stereocenters. The van der Waals surface area contributed by atoms with E-state index in [0.717, 1.165) is 49.0 Å². The quantitative estimate of drug-likeness (QED) is 0.630. The van der Waals surface area contributed by atoms with Crippen molar-refractivity contribution in [1.29, 1.82) is 0 Å². The molecule has 2 aliphatic rings. The molecule has 8 nitrogen and oxygen atoms in total. The van der Waals surface area contributed by atoms with Crippen LogP contribution in [0.2, 0.25) is 0 Å². The normalized spacial score (nSPS) is 19.8. The van der Waals surface area contributed by atoms with Crippen molar-refractivity contribution >= 4 is 17.6 Å². The lowest BCUT2D eigenvalue weighted by atomic mass is 10.0. The monoisotopic (exact) mass is 370 g/mol. The number of nitrogens with zero attached hydrogens (tertiary/aromatic N) is 4. The van der Waals surface area contributed by atoms with Crippen molar-refractivity contribution in [3.63, 3.8) is 0 Å². The second kappa shape index (κ2) is 8.06. The minimum Gasteiger partial charge on any atom is -0.389 e. The second-order valence-corrected chi connectivity index (χ2v) is 7.12. The van der Waals surface area contributed by atoms with E-state index in [-0.39, 0.29) is 6.10 Å². The van der Waals surface area contributed by atoms with Crippen LogP contribution in [-0.2, 0) is 4.74 Å². The molecule has 0 aliphatic carbocycles. The second-order valence-electron chi connectivity index (χ2n) is 7.12. The molecule has 0 radical (unpaired) electrons. The summed E-state index contributed by atoms with van der Waals surface area (Å²) in [7, 11) is 0. The molecule has 0 amide bonds. The van der Waals surface area contributed by atoms with Gasteiger partial charge in [-0.3, -0.25) is 0 Å². The van der Waals surface area contributed by atoms with Gasteiger partial charge in [0.05, 0.1) is 18.4 Å². The van der Waals surface area contributed by atoms with Gasteiger partial charge in [0.15, 0.2) is 0 Å². The number of aliphatic hydroxyl groups excluding tert-OH is 1. The van der Waals surface area contributed by atoms with E-state index in [1.165, 1.54) is 0 Å². The fourth-order valence-corrected chi connectivity index (χ4v) is 3.32. The number of rotatable bonds is 7. The number of aryl methyl sites for hydroxylation is 1. The molecular weight excluding hydrogens is 344 g/mol. The Labute approximate surface area is 159 Å². The van der Waals surface area contributed by atoms with Gasteiger partial charge >= 0.3 is 0 Å². The summed E-state index contributed by atoms with van der Waals surface area (Å²) >= 11 is 0. The maximum atomic E-state index is 9.59. The first-order valence-electron chi connectivity index (χ1n) is 9.48. The molecule has 2 aromatic heterocycles. The molecule has 2 aromatic rings. The van der Waals surface area contributed by atoms with Crippen molar-refractivity contribution < 1.29 is 9.84 Å². The molecule has 2 saturated heterocycles. The van der Waals surface area contributed by atoms with Gasteiger partial charge in [0.2, 0.25) is 5.95 Å². The molecule has 2 aliphatic heterocycles. The lowest BCUT2D eigenvalue weighted by Gasteiger charge is -2.36. The zero-order valence-corrected chi connectivity index (χ0v) is 15.6. The Kier molecular flexibility index (Phi) is 5.35. The van der Waals surface area contributed by atoms with Crippen LogP contribution < -0.4 is 15.5 Å². The average Bonchev–Trinajstić information content (AvgIpc) is 3.18. The van der Waals surface area contributed by atoms with Crippen LogP contribution in [0, 0.1) is 6.92 Å². The summed E-state index contributed by atoms with van der Waals surface area (Å²) in [5.74, 6) is 2.71. The van der Waals surface area contributed by atoms with Crippen LogP contribution in [0.3, 0.4) is 0 Å². The smallest absolute Gasteiger partial charge is 0.227 e. The molecule has 0 aromatic carbocycles. The van der Waals surface area contributed by atoms with E-state index < -0.39 is 0 Å². The molecule has 1 atom stereocenters. The van der Waals surface area contributed by atoms with Crippen LogP contribution in [0.4, 0.5) is 17.6 Å². The topological polar surface area (TPSA) is 95.4 Å². The minimum atomic E-state index is -0.283. The first-order valence-corrected chi connectivity index (χ1v) is 9.48. The fourth-order valence-electron chi connectivity index (χ4n) is 3.32. The highest BCUT2D eigenvalue weighted by molar-refractivity contribution is 5.47. The molecule has 4 heterocycles. The number of pyridine rings is 1. The number of ether oxygens (including phenoxy) is 1. The van der Waals surface area contributed by atoms with Crippen LogP contribution in [0.25, 0.3) is 0 Å². The van der Waals surface area contributed by atoms with E-state index in [2.05, 4.69) is 20.6 Å². The van der Waals surface area contributed by atoms with E-state index in [4.69, 9.17) is 9.72 Å². The largest absolute Gasteiger partial charge is 0.389 e. The lowest BCUT2D eigenvalue weighted by molar-refractivity contribution is 0.140. The van der Waals surface area contributed by atoms with Gasteiger partial charge in [-0.05, 0) is 25.0 Å². The lowest BCUT2D eigenvalue weighted by Crippen LogP contribution is -2.51. The molecule has 2 fully saturated rings. The Hall–Kier alpha value is -2.45. The Morgan fingerprint density at radius 2 is 2.11 bits per heavy atom. The van der Waals surface area contributed by atoms with Crippen molar-refractivity contribution in [2.45, 2.75) is 25.4 Å². The summed E-state index contributed by atoms with van der Waals surface area (Å²) in [5, 5.41) is 16.3. The number of aromatic nitrogens is 3. The third-order valence-electron chi connectivity index (χ3n) is 4.96. The van der Waals surface area contributed by atoms with Gasteiger partial charge in [0, 0.05) is 51.0 Å². The highest BCUT2D eigenvalue weighted by Crippen LogP contribution is 2.28. The van der Waals surface area contributed by atoms with Crippen LogP contribution >= 0.6 is 0 Å². The maximum Gasteiger partial charge on any atom is 0.227 e. The molecule has 8 heteroatoms. The van der Waals surface area contributed by atoms with E-state index >= 15 is 0 Å². The summed E-state index contributed by atoms with van der Waals surface area (Å²) in [6.45, 7) is 6.16. The van der Waals surface area contributed by atoms with E-state index in [9.17, 15) is 5.11 Å². The predicted octanol–water partition coefficient (Wildman–Crippen LogP) is 1.39. The van der Waals surface area contributed by atoms with Gasteiger partial charge in [-0.2, -0.15) is 4.98 Å². The number of hydrogen-bond acceptors (Lipinski definition) is 8. The van der Waals surface area contributed by atoms with E-state index in [0.29, 0.717) is 31.6 Å². The van der Waals surface area contributed by atoms with Crippen molar-refractivity contribution in [3.05, 3.63) is 35.7 Å². The molecule has 4 rings (SSSR count). The third-order valence-corrected chi connectivity index (χ3v) is 4.96. The molecule has 0 saturated carbocycles. The predicted molar refractivity (Wildman–Crippen MR) is 104 cm³/mol. The number of β-amino-alcohol motifs (C(OH)–C–C–N with tert-alkyl or cyclic N) is 1. The zero-order chi connectivity index (χ0) is 18.6. The highest BCUT2D eigenvalue weighted by Gasteiger charge is 2.28. The highest BCUT2D eigenvalue weighted by atomic mass is 16.5. The van der Waals surface area contributed by atoms with Gasteiger partial charge in [0.1, 0.15) is 11.6 Å². The van der Waals surface area contributed by atoms with Gasteiger partial charge in [-0.15, -0.1) is 0 Å². The molecule has 3 N–H and O–H groups in total. The van der Waals surface area contributed by atoms with Crippen LogP contribution in [-0.4, -0.2) is 65.6 Å². The SMILES string of the molecule is Cc1cccnc1NCCNc1cc([C@H]2CCOC2)nc(N2CC(O)C2)n1. The Balaban J connectivity index is 1.40. The molecule has 27 heavy (non-hydrogen) atoms. The van der Waals surface area contributed by atoms with Crippen LogP contribution in [0.15, 0.2) is 24.4 Å². The van der Waals surface area contributed by atoms with Gasteiger partial charge in [-0.1, -0.05) is 6.07 Å². The number of anilines is 3.